The van der Waals surface area contributed by atoms with Gasteiger partial charge in [-0.2, -0.15) is 0 Å². The van der Waals surface area contributed by atoms with Gasteiger partial charge in [-0.15, -0.1) is 11.3 Å². The summed E-state index contributed by atoms with van der Waals surface area (Å²) in [6.07, 6.45) is 0. The fraction of sp³-hybridized carbons (Fsp3) is 0.136. The van der Waals surface area contributed by atoms with E-state index in [1.165, 1.54) is 23.1 Å². The number of nitrogens with zero attached hydrogens (tertiary/aromatic N) is 2. The number of amides is 1. The summed E-state index contributed by atoms with van der Waals surface area (Å²) in [4.78, 5) is 32.1. The van der Waals surface area contributed by atoms with Crippen LogP contribution in [0.5, 0.6) is 0 Å². The quantitative estimate of drug-likeness (QED) is 0.321. The van der Waals surface area contributed by atoms with E-state index in [4.69, 9.17) is 11.6 Å². The second kappa shape index (κ2) is 8.63. The van der Waals surface area contributed by atoms with Gasteiger partial charge in [-0.1, -0.05) is 47.6 Å². The van der Waals surface area contributed by atoms with Gasteiger partial charge in [0.2, 0.25) is 5.91 Å². The minimum Gasteiger partial charge on any atom is -0.325 e. The first-order valence-corrected chi connectivity index (χ1v) is 11.4. The number of fused-ring (bicyclic) bond motifs is 1. The van der Waals surface area contributed by atoms with E-state index in [0.29, 0.717) is 31.8 Å². The maximum atomic E-state index is 13.2. The predicted molar refractivity (Wildman–Crippen MR) is 125 cm³/mol. The highest BCUT2D eigenvalue weighted by molar-refractivity contribution is 7.99. The van der Waals surface area contributed by atoms with Crippen LogP contribution in [-0.2, 0) is 4.79 Å². The van der Waals surface area contributed by atoms with Gasteiger partial charge in [0.15, 0.2) is 5.16 Å². The normalized spacial score (nSPS) is 11.0. The van der Waals surface area contributed by atoms with Crippen LogP contribution in [0.3, 0.4) is 0 Å². The summed E-state index contributed by atoms with van der Waals surface area (Å²) in [6.45, 7) is 3.80. The predicted octanol–water partition coefficient (Wildman–Crippen LogP) is 5.45. The van der Waals surface area contributed by atoms with Gasteiger partial charge in [0.05, 0.1) is 16.8 Å². The van der Waals surface area contributed by atoms with Gasteiger partial charge in [0, 0.05) is 15.6 Å². The molecule has 4 aromatic rings. The molecule has 0 unspecified atom stereocenters. The van der Waals surface area contributed by atoms with E-state index >= 15 is 0 Å². The molecule has 5 nitrogen and oxygen atoms in total. The maximum absolute atomic E-state index is 13.2. The maximum Gasteiger partial charge on any atom is 0.267 e. The summed E-state index contributed by atoms with van der Waals surface area (Å²) < 4.78 is 1.57. The van der Waals surface area contributed by atoms with E-state index in [9.17, 15) is 9.59 Å². The number of nitrogens with one attached hydrogen (secondary N) is 1. The number of hydrogen-bond acceptors (Lipinski definition) is 5. The van der Waals surface area contributed by atoms with E-state index in [2.05, 4.69) is 10.3 Å². The van der Waals surface area contributed by atoms with Gasteiger partial charge in [0.25, 0.3) is 5.56 Å². The van der Waals surface area contributed by atoms with Crippen molar-refractivity contribution in [1.29, 1.82) is 0 Å². The van der Waals surface area contributed by atoms with Crippen molar-refractivity contribution in [2.45, 2.75) is 19.0 Å². The first-order chi connectivity index (χ1) is 14.4. The Balaban J connectivity index is 1.65. The molecule has 0 saturated heterocycles. The highest BCUT2D eigenvalue weighted by atomic mass is 35.5. The lowest BCUT2D eigenvalue weighted by Gasteiger charge is -2.12. The lowest BCUT2D eigenvalue weighted by Crippen LogP contribution is -2.22. The van der Waals surface area contributed by atoms with Gasteiger partial charge in [-0.05, 0) is 49.7 Å². The average Bonchev–Trinajstić information content (AvgIpc) is 3.11. The summed E-state index contributed by atoms with van der Waals surface area (Å²) >= 11 is 8.83. The van der Waals surface area contributed by atoms with Gasteiger partial charge < -0.3 is 5.32 Å². The molecular weight excluding hydrogens is 438 g/mol. The van der Waals surface area contributed by atoms with Crippen LogP contribution in [0.15, 0.2) is 64.5 Å². The van der Waals surface area contributed by atoms with Gasteiger partial charge in [0.1, 0.15) is 4.83 Å². The van der Waals surface area contributed by atoms with E-state index in [1.807, 2.05) is 56.3 Å². The third kappa shape index (κ3) is 4.14. The number of anilines is 1. The van der Waals surface area contributed by atoms with E-state index < -0.39 is 0 Å². The SMILES string of the molecule is Cc1cc2c(=O)n(-c3ccccc3)c(SCC(=O)Nc3cccc(Cl)c3C)nc2s1. The average molecular weight is 456 g/mol. The van der Waals surface area contributed by atoms with Crippen LogP contribution in [-0.4, -0.2) is 21.2 Å². The molecule has 2 aromatic carbocycles. The van der Waals surface area contributed by atoms with E-state index in [1.54, 1.807) is 16.7 Å². The Labute approximate surface area is 186 Å². The van der Waals surface area contributed by atoms with Crippen molar-refractivity contribution in [3.05, 3.63) is 80.4 Å². The molecule has 30 heavy (non-hydrogen) atoms. The number of rotatable bonds is 5. The molecule has 8 heteroatoms. The van der Waals surface area contributed by atoms with Crippen LogP contribution in [0, 0.1) is 13.8 Å². The zero-order valence-corrected chi connectivity index (χ0v) is 18.7. The Kier molecular flexibility index (Phi) is 5.94. The number of thioether (sulfide) groups is 1. The number of hydrogen-bond donors (Lipinski definition) is 1. The summed E-state index contributed by atoms with van der Waals surface area (Å²) in [5.41, 5.74) is 2.07. The largest absolute Gasteiger partial charge is 0.325 e. The molecule has 0 saturated carbocycles. The Hall–Kier alpha value is -2.61. The lowest BCUT2D eigenvalue weighted by atomic mass is 10.2. The molecule has 0 bridgehead atoms. The van der Waals surface area contributed by atoms with Crippen molar-refractivity contribution < 1.29 is 4.79 Å². The fourth-order valence-corrected chi connectivity index (χ4v) is 4.95. The van der Waals surface area contributed by atoms with E-state index in [0.717, 1.165) is 10.4 Å². The van der Waals surface area contributed by atoms with Crippen LogP contribution in [0.1, 0.15) is 10.4 Å². The minimum atomic E-state index is -0.193. The van der Waals surface area contributed by atoms with Crippen molar-refractivity contribution in [3.63, 3.8) is 0 Å². The third-order valence-electron chi connectivity index (χ3n) is 4.55. The molecule has 1 amide bonds. The minimum absolute atomic E-state index is 0.112. The molecule has 0 atom stereocenters. The van der Waals surface area contributed by atoms with Gasteiger partial charge >= 0.3 is 0 Å². The Morgan fingerprint density at radius 2 is 1.93 bits per heavy atom. The Bertz CT molecular complexity index is 1300. The number of aromatic nitrogens is 2. The standard InChI is InChI=1S/C22H18ClN3O2S2/c1-13-11-16-20(30-13)25-22(26(21(16)28)15-7-4-3-5-8-15)29-12-19(27)24-18-10-6-9-17(23)14(18)2/h3-11H,12H2,1-2H3,(H,24,27). The van der Waals surface area contributed by atoms with Crippen LogP contribution in [0.4, 0.5) is 5.69 Å². The van der Waals surface area contributed by atoms with Crippen molar-refractivity contribution in [2.75, 3.05) is 11.1 Å². The molecule has 2 aromatic heterocycles. The fourth-order valence-electron chi connectivity index (χ4n) is 3.04. The number of benzene rings is 2. The molecule has 0 radical (unpaired) electrons. The molecule has 152 valence electrons. The summed E-state index contributed by atoms with van der Waals surface area (Å²) in [5, 5.41) is 4.55. The first kappa shape index (κ1) is 20.7. The molecule has 0 aliphatic carbocycles. The van der Waals surface area contributed by atoms with Crippen LogP contribution in [0.2, 0.25) is 5.02 Å². The second-order valence-electron chi connectivity index (χ2n) is 6.70. The van der Waals surface area contributed by atoms with Crippen molar-refractivity contribution in [1.82, 2.24) is 9.55 Å². The molecule has 0 spiro atoms. The number of carbonyl (C=O) groups is 1. The second-order valence-corrected chi connectivity index (χ2v) is 9.28. The molecule has 0 aliphatic rings. The van der Waals surface area contributed by atoms with E-state index in [-0.39, 0.29) is 17.2 Å². The lowest BCUT2D eigenvalue weighted by molar-refractivity contribution is -0.113. The third-order valence-corrected chi connectivity index (χ3v) is 6.84. The van der Waals surface area contributed by atoms with Crippen molar-refractivity contribution >= 4 is 56.5 Å². The number of halogens is 1. The zero-order chi connectivity index (χ0) is 21.3. The molecule has 0 fully saturated rings. The van der Waals surface area contributed by atoms with Crippen LogP contribution >= 0.6 is 34.7 Å². The molecule has 2 heterocycles. The molecule has 4 rings (SSSR count). The van der Waals surface area contributed by atoms with Gasteiger partial charge in [-0.25, -0.2) is 4.98 Å². The summed E-state index contributed by atoms with van der Waals surface area (Å²) in [7, 11) is 0. The monoisotopic (exact) mass is 455 g/mol. The topological polar surface area (TPSA) is 64.0 Å². The molecule has 0 aliphatic heterocycles. The summed E-state index contributed by atoms with van der Waals surface area (Å²) in [5.74, 6) is -0.0807. The van der Waals surface area contributed by atoms with Crippen LogP contribution < -0.4 is 10.9 Å². The zero-order valence-electron chi connectivity index (χ0n) is 16.3. The highest BCUT2D eigenvalue weighted by Crippen LogP contribution is 2.27. The number of thiophene rings is 1. The number of para-hydroxylation sites is 1. The highest BCUT2D eigenvalue weighted by Gasteiger charge is 2.17. The molecule has 1 N–H and O–H groups in total. The smallest absolute Gasteiger partial charge is 0.267 e. The van der Waals surface area contributed by atoms with Crippen LogP contribution in [0.25, 0.3) is 15.9 Å². The first-order valence-electron chi connectivity index (χ1n) is 9.20. The Morgan fingerprint density at radius 3 is 2.70 bits per heavy atom. The van der Waals surface area contributed by atoms with Crippen molar-refractivity contribution in [2.24, 2.45) is 0 Å². The molecular formula is C22H18ClN3O2S2. The number of aryl methyl sites for hydroxylation is 1. The van der Waals surface area contributed by atoms with Gasteiger partial charge in [-0.3, -0.25) is 14.2 Å². The number of carbonyl (C=O) groups excluding carboxylic acids is 1. The summed E-state index contributed by atoms with van der Waals surface area (Å²) in [6, 6.07) is 16.6. The Morgan fingerprint density at radius 1 is 1.17 bits per heavy atom. The van der Waals surface area contributed by atoms with Crippen molar-refractivity contribution in [3.8, 4) is 5.69 Å².